The van der Waals surface area contributed by atoms with Gasteiger partial charge in [-0.05, 0) is 29.3 Å². The van der Waals surface area contributed by atoms with Gasteiger partial charge in [-0.1, -0.05) is 51.1 Å². The minimum Gasteiger partial charge on any atom is -0.427 e. The summed E-state index contributed by atoms with van der Waals surface area (Å²) in [5.41, 5.74) is 0.593. The number of carbonyl (C=O) groups excluding carboxylic acids is 1. The van der Waals surface area contributed by atoms with Gasteiger partial charge in [0.15, 0.2) is 0 Å². The smallest absolute Gasteiger partial charge is 0.302 e. The summed E-state index contributed by atoms with van der Waals surface area (Å²) in [6, 6.07) is 9.09. The van der Waals surface area contributed by atoms with Gasteiger partial charge in [0.2, 0.25) is 0 Å². The highest BCUT2D eigenvalue weighted by atomic mass is 16.8. The average Bonchev–Trinajstić information content (AvgIpc) is 3.08. The van der Waals surface area contributed by atoms with Crippen molar-refractivity contribution in [3.63, 3.8) is 0 Å². The Hall–Kier alpha value is -1.84. The van der Waals surface area contributed by atoms with Crippen LogP contribution in [0.5, 0.6) is 0 Å². The van der Waals surface area contributed by atoms with Crippen molar-refractivity contribution in [2.24, 2.45) is 21.9 Å². The van der Waals surface area contributed by atoms with Crippen LogP contribution in [0.2, 0.25) is 0 Å². The first-order chi connectivity index (χ1) is 10.4. The molecule has 3 aliphatic rings. The molecule has 4 nitrogen and oxygen atoms in total. The van der Waals surface area contributed by atoms with Crippen LogP contribution in [0.3, 0.4) is 0 Å². The highest BCUT2D eigenvalue weighted by molar-refractivity contribution is 6.43. The number of carbonyl (C=O) groups is 1. The normalized spacial score (nSPS) is 37.8. The van der Waals surface area contributed by atoms with Gasteiger partial charge in [-0.2, -0.15) is 0 Å². The lowest BCUT2D eigenvalue weighted by molar-refractivity contribution is -0.237. The molecule has 0 N–H and O–H groups in total. The molecule has 0 radical (unpaired) electrons. The van der Waals surface area contributed by atoms with E-state index in [0.29, 0.717) is 11.5 Å². The fraction of sp³-hybridized carbons (Fsp3) is 0.556. The summed E-state index contributed by atoms with van der Waals surface area (Å²) in [5, 5.41) is 4.02. The number of rotatable bonds is 2. The number of nitrogens with zero attached hydrogens (tertiary/aromatic N) is 1. The molecular formula is C18H21NO3. The molecule has 2 bridgehead atoms. The number of Topliss-reactive ketones (excluding diaryl/α,β-unsaturated/α-hetero) is 1. The van der Waals surface area contributed by atoms with Gasteiger partial charge in [0.25, 0.3) is 11.6 Å². The van der Waals surface area contributed by atoms with Crippen LogP contribution >= 0.6 is 0 Å². The van der Waals surface area contributed by atoms with Crippen molar-refractivity contribution in [2.75, 3.05) is 0 Å². The number of ether oxygens (including phenoxy) is 1. The Labute approximate surface area is 130 Å². The van der Waals surface area contributed by atoms with E-state index in [4.69, 9.17) is 9.57 Å². The van der Waals surface area contributed by atoms with Crippen molar-refractivity contribution in [2.45, 2.75) is 45.8 Å². The van der Waals surface area contributed by atoms with Crippen molar-refractivity contribution in [1.82, 2.24) is 0 Å². The van der Waals surface area contributed by atoms with E-state index in [-0.39, 0.29) is 22.5 Å². The van der Waals surface area contributed by atoms with Crippen LogP contribution < -0.4 is 0 Å². The number of hydrogen-bond donors (Lipinski definition) is 0. The van der Waals surface area contributed by atoms with Gasteiger partial charge in [-0.3, -0.25) is 4.79 Å². The van der Waals surface area contributed by atoms with Crippen molar-refractivity contribution in [3.05, 3.63) is 35.9 Å². The average molecular weight is 299 g/mol. The number of fused-ring (bicyclic) bond motifs is 3. The van der Waals surface area contributed by atoms with Crippen molar-refractivity contribution in [3.8, 4) is 0 Å². The van der Waals surface area contributed by atoms with Gasteiger partial charge >= 0.3 is 5.90 Å². The number of hydrogen-bond acceptors (Lipinski definition) is 4. The van der Waals surface area contributed by atoms with E-state index >= 15 is 0 Å². The maximum Gasteiger partial charge on any atom is 0.302 e. The van der Waals surface area contributed by atoms with Crippen molar-refractivity contribution >= 4 is 11.7 Å². The fourth-order valence-corrected chi connectivity index (χ4v) is 4.59. The van der Waals surface area contributed by atoms with Gasteiger partial charge in [-0.15, -0.1) is 0 Å². The molecule has 1 aromatic carbocycles. The first-order valence-electron chi connectivity index (χ1n) is 7.95. The minimum atomic E-state index is -0.765. The molecule has 0 amide bonds. The predicted molar refractivity (Wildman–Crippen MR) is 82.3 cm³/mol. The molecule has 2 aliphatic carbocycles. The maximum absolute atomic E-state index is 12.5. The summed E-state index contributed by atoms with van der Waals surface area (Å²) in [6.45, 7) is 6.78. The number of oxime groups is 1. The summed E-state index contributed by atoms with van der Waals surface area (Å²) >= 11 is 0. The molecule has 0 unspecified atom stereocenters. The molecule has 4 rings (SSSR count). The van der Waals surface area contributed by atoms with Crippen LogP contribution in [0, 0.1) is 16.7 Å². The third-order valence-corrected chi connectivity index (χ3v) is 6.56. The van der Waals surface area contributed by atoms with Gasteiger partial charge in [0.1, 0.15) is 0 Å². The van der Waals surface area contributed by atoms with Crippen LogP contribution in [-0.2, 0) is 9.57 Å². The van der Waals surface area contributed by atoms with E-state index in [1.54, 1.807) is 12.1 Å². The predicted octanol–water partition coefficient (Wildman–Crippen LogP) is 3.77. The standard InChI is InChI=1S/C18H21NO3/c1-16(2)13-9-10-17(16,3)18(11-13)21-15(19-22-18)14(20)12-7-5-4-6-8-12/h4-8,13H,9-11H2,1-3H3/t13-,17-,18-/m1/s1. The fourth-order valence-electron chi connectivity index (χ4n) is 4.59. The summed E-state index contributed by atoms with van der Waals surface area (Å²) in [5.74, 6) is -0.324. The SMILES string of the molecule is CC1(C)[C@@H]2CC[C@@]1(C)[C@@]1(C2)ON=C(C(=O)c2ccccc2)O1. The van der Waals surface area contributed by atoms with Crippen LogP contribution in [0.15, 0.2) is 35.5 Å². The van der Waals surface area contributed by atoms with E-state index in [9.17, 15) is 4.79 Å². The van der Waals surface area contributed by atoms with E-state index in [2.05, 4.69) is 25.9 Å². The van der Waals surface area contributed by atoms with Gasteiger partial charge in [0, 0.05) is 12.0 Å². The Kier molecular flexibility index (Phi) is 2.58. The lowest BCUT2D eigenvalue weighted by Gasteiger charge is -2.42. The second kappa shape index (κ2) is 4.12. The van der Waals surface area contributed by atoms with Crippen molar-refractivity contribution < 1.29 is 14.4 Å². The Balaban J connectivity index is 1.62. The molecule has 1 aromatic rings. The molecule has 4 heteroatoms. The summed E-state index contributed by atoms with van der Waals surface area (Å²) in [6.07, 6.45) is 3.05. The zero-order valence-corrected chi connectivity index (χ0v) is 13.3. The lowest BCUT2D eigenvalue weighted by atomic mass is 9.68. The molecule has 1 heterocycles. The second-order valence-corrected chi connectivity index (χ2v) is 7.53. The minimum absolute atomic E-state index is 0.0933. The Bertz CT molecular complexity index is 666. The third-order valence-electron chi connectivity index (χ3n) is 6.56. The zero-order chi connectivity index (χ0) is 15.6. The summed E-state index contributed by atoms with van der Waals surface area (Å²) in [7, 11) is 0. The van der Waals surface area contributed by atoms with E-state index in [1.165, 1.54) is 6.42 Å². The van der Waals surface area contributed by atoms with Crippen LogP contribution in [-0.4, -0.2) is 17.5 Å². The Morgan fingerprint density at radius 2 is 1.95 bits per heavy atom. The lowest BCUT2D eigenvalue weighted by Crippen LogP contribution is -2.49. The third kappa shape index (κ3) is 1.48. The van der Waals surface area contributed by atoms with E-state index < -0.39 is 5.79 Å². The Morgan fingerprint density at radius 3 is 2.55 bits per heavy atom. The van der Waals surface area contributed by atoms with Crippen LogP contribution in [0.4, 0.5) is 0 Å². The van der Waals surface area contributed by atoms with Gasteiger partial charge in [0.05, 0.1) is 5.41 Å². The molecule has 2 fully saturated rings. The van der Waals surface area contributed by atoms with Gasteiger partial charge < -0.3 is 9.57 Å². The first kappa shape index (κ1) is 13.8. The quantitative estimate of drug-likeness (QED) is 0.781. The monoisotopic (exact) mass is 299 g/mol. The molecule has 1 spiro atoms. The molecule has 1 aliphatic heterocycles. The molecule has 22 heavy (non-hydrogen) atoms. The van der Waals surface area contributed by atoms with Crippen LogP contribution in [0.1, 0.15) is 50.4 Å². The summed E-state index contributed by atoms with van der Waals surface area (Å²) in [4.78, 5) is 18.3. The summed E-state index contributed by atoms with van der Waals surface area (Å²) < 4.78 is 6.08. The molecule has 116 valence electrons. The topological polar surface area (TPSA) is 47.9 Å². The second-order valence-electron chi connectivity index (χ2n) is 7.53. The zero-order valence-electron chi connectivity index (χ0n) is 13.3. The molecule has 3 atom stereocenters. The molecule has 0 aromatic heterocycles. The highest BCUT2D eigenvalue weighted by Crippen LogP contribution is 2.71. The number of benzene rings is 1. The van der Waals surface area contributed by atoms with Crippen molar-refractivity contribution in [1.29, 1.82) is 0 Å². The molecule has 2 saturated carbocycles. The number of ketones is 1. The first-order valence-corrected chi connectivity index (χ1v) is 7.95. The largest absolute Gasteiger partial charge is 0.427 e. The Morgan fingerprint density at radius 1 is 1.23 bits per heavy atom. The van der Waals surface area contributed by atoms with E-state index in [1.807, 2.05) is 18.2 Å². The molecular weight excluding hydrogens is 278 g/mol. The molecule has 0 saturated heterocycles. The highest BCUT2D eigenvalue weighted by Gasteiger charge is 2.74. The van der Waals surface area contributed by atoms with Gasteiger partial charge in [-0.25, -0.2) is 0 Å². The maximum atomic E-state index is 12.5. The van der Waals surface area contributed by atoms with E-state index in [0.717, 1.165) is 12.8 Å². The van der Waals surface area contributed by atoms with Crippen LogP contribution in [0.25, 0.3) is 0 Å².